The van der Waals surface area contributed by atoms with Crippen molar-refractivity contribution in [2.45, 2.75) is 43.5 Å². The van der Waals surface area contributed by atoms with Gasteiger partial charge in [-0.15, -0.1) is 11.3 Å². The lowest BCUT2D eigenvalue weighted by molar-refractivity contribution is -0.231. The summed E-state index contributed by atoms with van der Waals surface area (Å²) in [6.45, 7) is -0.214. The van der Waals surface area contributed by atoms with Crippen LogP contribution in [0.4, 0.5) is 0 Å². The van der Waals surface area contributed by atoms with Gasteiger partial charge >= 0.3 is 0 Å². The summed E-state index contributed by atoms with van der Waals surface area (Å²) in [6, 6.07) is 16.2. The smallest absolute Gasteiger partial charge is 0.113 e. The Hall–Kier alpha value is -1.84. The van der Waals surface area contributed by atoms with E-state index in [9.17, 15) is 20.4 Å². The third kappa shape index (κ3) is 3.95. The summed E-state index contributed by atoms with van der Waals surface area (Å²) in [5.74, 6) is 0. The Balaban J connectivity index is 1.66. The number of benzene rings is 2. The van der Waals surface area contributed by atoms with Crippen molar-refractivity contribution in [1.82, 2.24) is 0 Å². The second-order valence-corrected chi connectivity index (χ2v) is 8.58. The maximum absolute atomic E-state index is 10.5. The van der Waals surface area contributed by atoms with Gasteiger partial charge in [-0.2, -0.15) is 0 Å². The van der Waals surface area contributed by atoms with E-state index in [1.807, 2.05) is 30.3 Å². The Morgan fingerprint density at radius 1 is 0.966 bits per heavy atom. The summed E-state index contributed by atoms with van der Waals surface area (Å²) in [5.41, 5.74) is 8.37. The topological polar surface area (TPSA) is 116 Å². The van der Waals surface area contributed by atoms with Crippen LogP contribution in [0.15, 0.2) is 48.5 Å². The molecule has 0 amide bonds. The maximum Gasteiger partial charge on any atom is 0.113 e. The Bertz CT molecular complexity index is 955. The number of hydrogen-bond donors (Lipinski definition) is 5. The largest absolute Gasteiger partial charge is 0.394 e. The van der Waals surface area contributed by atoms with E-state index in [-0.39, 0.29) is 6.54 Å². The molecule has 1 fully saturated rings. The van der Waals surface area contributed by atoms with Crippen molar-refractivity contribution in [3.05, 3.63) is 70.1 Å². The molecule has 1 saturated heterocycles. The van der Waals surface area contributed by atoms with Crippen molar-refractivity contribution in [3.8, 4) is 0 Å². The molecule has 0 radical (unpaired) electrons. The number of thiophene rings is 1. The lowest BCUT2D eigenvalue weighted by Crippen LogP contribution is -2.55. The molecule has 1 aliphatic rings. The first-order valence-corrected chi connectivity index (χ1v) is 10.4. The van der Waals surface area contributed by atoms with Gasteiger partial charge in [0, 0.05) is 22.5 Å². The number of hydrogen-bond acceptors (Lipinski definition) is 7. The molecule has 5 atom stereocenters. The molecular formula is C22H25NO5S. The fraction of sp³-hybridized carbons (Fsp3) is 0.364. The van der Waals surface area contributed by atoms with Gasteiger partial charge in [0.2, 0.25) is 0 Å². The van der Waals surface area contributed by atoms with Crippen molar-refractivity contribution in [1.29, 1.82) is 0 Å². The van der Waals surface area contributed by atoms with Gasteiger partial charge in [0.25, 0.3) is 0 Å². The number of aliphatic hydroxyl groups excluding tert-OH is 4. The van der Waals surface area contributed by atoms with Crippen molar-refractivity contribution in [2.24, 2.45) is 5.73 Å². The third-order valence-corrected chi connectivity index (χ3v) is 6.60. The Morgan fingerprint density at radius 2 is 1.76 bits per heavy atom. The molecule has 0 saturated carbocycles. The highest BCUT2D eigenvalue weighted by Crippen LogP contribution is 2.35. The molecule has 1 aromatic heterocycles. The van der Waals surface area contributed by atoms with Gasteiger partial charge in [0.05, 0.1) is 6.61 Å². The molecule has 4 rings (SSSR count). The Labute approximate surface area is 172 Å². The minimum Gasteiger partial charge on any atom is -0.394 e. The molecule has 6 N–H and O–H groups in total. The zero-order valence-electron chi connectivity index (χ0n) is 15.8. The van der Waals surface area contributed by atoms with Gasteiger partial charge in [-0.1, -0.05) is 36.4 Å². The predicted molar refractivity (Wildman–Crippen MR) is 112 cm³/mol. The van der Waals surface area contributed by atoms with Crippen molar-refractivity contribution in [3.63, 3.8) is 0 Å². The maximum atomic E-state index is 10.5. The van der Waals surface area contributed by atoms with Crippen LogP contribution in [0.25, 0.3) is 10.1 Å². The van der Waals surface area contributed by atoms with Gasteiger partial charge in [-0.3, -0.25) is 0 Å². The lowest BCUT2D eigenvalue weighted by atomic mass is 9.88. The van der Waals surface area contributed by atoms with Gasteiger partial charge < -0.3 is 30.9 Å². The molecule has 2 aromatic carbocycles. The first kappa shape index (κ1) is 20.4. The van der Waals surface area contributed by atoms with E-state index in [0.717, 1.165) is 11.1 Å². The number of fused-ring (bicyclic) bond motifs is 1. The number of aliphatic hydroxyl groups is 4. The fourth-order valence-corrected chi connectivity index (χ4v) is 4.99. The highest BCUT2D eigenvalue weighted by Gasteiger charge is 2.44. The second kappa shape index (κ2) is 8.49. The summed E-state index contributed by atoms with van der Waals surface area (Å²) in [6.07, 6.45) is -5.23. The van der Waals surface area contributed by atoms with Crippen LogP contribution >= 0.6 is 11.3 Å². The Morgan fingerprint density at radius 3 is 2.48 bits per heavy atom. The lowest BCUT2D eigenvalue weighted by Gasteiger charge is -2.40. The molecule has 0 spiro atoms. The van der Waals surface area contributed by atoms with E-state index in [1.54, 1.807) is 11.3 Å². The number of ether oxygens (including phenoxy) is 1. The summed E-state index contributed by atoms with van der Waals surface area (Å²) in [5, 5.41) is 41.4. The van der Waals surface area contributed by atoms with E-state index in [0.29, 0.717) is 12.0 Å². The third-order valence-electron chi connectivity index (χ3n) is 5.48. The van der Waals surface area contributed by atoms with Crippen LogP contribution in [0.2, 0.25) is 0 Å². The molecule has 6 nitrogen and oxygen atoms in total. The summed E-state index contributed by atoms with van der Waals surface area (Å²) < 4.78 is 6.98. The normalized spacial score (nSPS) is 27.4. The molecule has 7 heteroatoms. The molecule has 0 unspecified atom stereocenters. The Kier molecular flexibility index (Phi) is 5.98. The van der Waals surface area contributed by atoms with Crippen LogP contribution < -0.4 is 5.73 Å². The predicted octanol–water partition coefficient (Wildman–Crippen LogP) is 1.47. The van der Waals surface area contributed by atoms with Crippen LogP contribution in [-0.2, 0) is 17.7 Å². The summed E-state index contributed by atoms with van der Waals surface area (Å²) in [7, 11) is 0. The molecule has 1 aliphatic heterocycles. The van der Waals surface area contributed by atoms with Crippen molar-refractivity contribution < 1.29 is 25.2 Å². The van der Waals surface area contributed by atoms with E-state index < -0.39 is 37.1 Å². The van der Waals surface area contributed by atoms with Crippen molar-refractivity contribution in [2.75, 3.05) is 6.61 Å². The van der Waals surface area contributed by atoms with Crippen LogP contribution in [0.3, 0.4) is 0 Å². The molecule has 2 heterocycles. The van der Waals surface area contributed by atoms with Gasteiger partial charge in [0.1, 0.15) is 30.5 Å². The first-order chi connectivity index (χ1) is 14.0. The van der Waals surface area contributed by atoms with Crippen molar-refractivity contribution >= 4 is 21.4 Å². The molecular weight excluding hydrogens is 390 g/mol. The summed E-state index contributed by atoms with van der Waals surface area (Å²) in [4.78, 5) is 1.21. The first-order valence-electron chi connectivity index (χ1n) is 9.61. The minimum absolute atomic E-state index is 0.244. The average molecular weight is 416 g/mol. The van der Waals surface area contributed by atoms with E-state index in [4.69, 9.17) is 10.5 Å². The molecule has 0 aliphatic carbocycles. The molecule has 0 bridgehead atoms. The molecule has 3 aromatic rings. The standard InChI is InChI=1S/C22H25NO5S/c23-10-14-6-5-12(7-15-9-13-3-1-2-4-18(13)29-15)8-16(14)22-21(27)20(26)19(25)17(11-24)28-22/h1-6,8-9,17,19-22,24-27H,7,10-11,23H2/t17-,19-,20+,21-,22+/m1/s1. The van der Waals surface area contributed by atoms with Crippen LogP contribution in [-0.4, -0.2) is 51.4 Å². The average Bonchev–Trinajstić information content (AvgIpc) is 3.14. The highest BCUT2D eigenvalue weighted by molar-refractivity contribution is 7.19. The number of rotatable bonds is 5. The van der Waals surface area contributed by atoms with Gasteiger partial charge in [0.15, 0.2) is 0 Å². The molecule has 29 heavy (non-hydrogen) atoms. The quantitative estimate of drug-likeness (QED) is 0.431. The zero-order chi connectivity index (χ0) is 20.5. The van der Waals surface area contributed by atoms with Crippen LogP contribution in [0.5, 0.6) is 0 Å². The fourth-order valence-electron chi connectivity index (χ4n) is 3.89. The zero-order valence-corrected chi connectivity index (χ0v) is 16.6. The van der Waals surface area contributed by atoms with Crippen LogP contribution in [0.1, 0.15) is 27.7 Å². The van der Waals surface area contributed by atoms with E-state index in [2.05, 4.69) is 18.2 Å². The van der Waals surface area contributed by atoms with Gasteiger partial charge in [-0.05, 0) is 34.2 Å². The summed E-state index contributed by atoms with van der Waals surface area (Å²) >= 11 is 1.74. The number of nitrogens with two attached hydrogens (primary N) is 1. The van der Waals surface area contributed by atoms with Crippen LogP contribution in [0, 0.1) is 0 Å². The van der Waals surface area contributed by atoms with E-state index >= 15 is 0 Å². The molecule has 154 valence electrons. The SMILES string of the molecule is NCc1ccc(Cc2cc3ccccc3s2)cc1[C@@H]1O[C@H](CO)[C@@H](O)[C@H](O)[C@H]1O. The second-order valence-electron chi connectivity index (χ2n) is 7.41. The van der Waals surface area contributed by atoms with Gasteiger partial charge in [-0.25, -0.2) is 0 Å². The highest BCUT2D eigenvalue weighted by atomic mass is 32.1. The monoisotopic (exact) mass is 415 g/mol. The van der Waals surface area contributed by atoms with E-state index in [1.165, 1.54) is 15.0 Å². The minimum atomic E-state index is -1.41.